The van der Waals surface area contributed by atoms with Crippen molar-refractivity contribution >= 4 is 0 Å². The van der Waals surface area contributed by atoms with Crippen LogP contribution in [-0.4, -0.2) is 54.1 Å². The van der Waals surface area contributed by atoms with Crippen LogP contribution in [0.5, 0.6) is 0 Å². The monoisotopic (exact) mass is 146 g/mol. The van der Waals surface area contributed by atoms with Crippen molar-refractivity contribution in [3.05, 3.63) is 0 Å². The van der Waals surface area contributed by atoms with Crippen molar-refractivity contribution in [1.82, 2.24) is 10.2 Å². The highest BCUT2D eigenvalue weighted by Crippen LogP contribution is 2.01. The number of likely N-dealkylation sites (N-methyl/N-ethyl adjacent to an activating group) is 1. The van der Waals surface area contributed by atoms with Crippen LogP contribution in [0.3, 0.4) is 0 Å². The van der Waals surface area contributed by atoms with Gasteiger partial charge in [-0.2, -0.15) is 0 Å². The molecule has 1 heterocycles. The van der Waals surface area contributed by atoms with Crippen LogP contribution < -0.4 is 5.32 Å². The van der Waals surface area contributed by atoms with E-state index in [4.69, 9.17) is 10.2 Å². The number of hydrogen-bond donors (Lipinski definition) is 3. The van der Waals surface area contributed by atoms with Gasteiger partial charge in [-0.15, -0.1) is 0 Å². The lowest BCUT2D eigenvalue weighted by Crippen LogP contribution is -2.54. The van der Waals surface area contributed by atoms with Gasteiger partial charge in [0, 0.05) is 19.6 Å². The number of aliphatic hydroxyl groups excluding tert-OH is 1. The first-order chi connectivity index (χ1) is 4.72. The van der Waals surface area contributed by atoms with Gasteiger partial charge in [0.15, 0.2) is 6.29 Å². The Labute approximate surface area is 60.5 Å². The summed E-state index contributed by atoms with van der Waals surface area (Å²) in [6.45, 7) is 2.47. The van der Waals surface area contributed by atoms with E-state index in [-0.39, 0.29) is 6.04 Å². The molecule has 0 radical (unpaired) electrons. The first kappa shape index (κ1) is 7.94. The van der Waals surface area contributed by atoms with Crippen LogP contribution in [-0.2, 0) is 0 Å². The van der Waals surface area contributed by atoms with E-state index in [2.05, 4.69) is 5.32 Å². The molecule has 1 atom stereocenters. The van der Waals surface area contributed by atoms with Crippen molar-refractivity contribution in [2.45, 2.75) is 12.3 Å². The first-order valence-electron chi connectivity index (χ1n) is 3.49. The van der Waals surface area contributed by atoms with Gasteiger partial charge in [-0.25, -0.2) is 0 Å². The van der Waals surface area contributed by atoms with Gasteiger partial charge in [0.05, 0.1) is 6.04 Å². The number of nitrogens with zero attached hydrogens (tertiary/aromatic N) is 1. The summed E-state index contributed by atoms with van der Waals surface area (Å²) in [6.07, 6.45) is -1.22. The molecule has 0 aromatic heterocycles. The summed E-state index contributed by atoms with van der Waals surface area (Å²) < 4.78 is 0. The van der Waals surface area contributed by atoms with Crippen molar-refractivity contribution < 1.29 is 10.2 Å². The molecule has 0 aromatic carbocycles. The van der Waals surface area contributed by atoms with Crippen molar-refractivity contribution in [2.75, 3.05) is 26.7 Å². The fourth-order valence-corrected chi connectivity index (χ4v) is 1.16. The van der Waals surface area contributed by atoms with E-state index in [0.717, 1.165) is 13.1 Å². The van der Waals surface area contributed by atoms with Gasteiger partial charge in [0.2, 0.25) is 0 Å². The maximum absolute atomic E-state index is 8.82. The maximum atomic E-state index is 8.82. The Morgan fingerprint density at radius 1 is 1.60 bits per heavy atom. The highest BCUT2D eigenvalue weighted by atomic mass is 16.5. The minimum absolute atomic E-state index is 0.145. The third-order valence-corrected chi connectivity index (χ3v) is 1.91. The first-order valence-corrected chi connectivity index (χ1v) is 3.49. The van der Waals surface area contributed by atoms with Gasteiger partial charge < -0.3 is 15.5 Å². The lowest BCUT2D eigenvalue weighted by molar-refractivity contribution is -0.0996. The van der Waals surface area contributed by atoms with E-state index < -0.39 is 6.29 Å². The molecule has 1 fully saturated rings. The van der Waals surface area contributed by atoms with Crippen LogP contribution in [0.1, 0.15) is 0 Å². The molecule has 1 aliphatic rings. The number of hydrogen-bond acceptors (Lipinski definition) is 4. The zero-order chi connectivity index (χ0) is 7.56. The van der Waals surface area contributed by atoms with Crippen LogP contribution in [0.4, 0.5) is 0 Å². The van der Waals surface area contributed by atoms with E-state index in [1.807, 2.05) is 11.9 Å². The lowest BCUT2D eigenvalue weighted by Gasteiger charge is -2.33. The van der Waals surface area contributed by atoms with Crippen molar-refractivity contribution in [3.8, 4) is 0 Å². The molecule has 0 aliphatic carbocycles. The molecule has 60 valence electrons. The molecular weight excluding hydrogens is 132 g/mol. The summed E-state index contributed by atoms with van der Waals surface area (Å²) in [5.74, 6) is 0. The third kappa shape index (κ3) is 1.67. The SMILES string of the molecule is CN1CCNCC1C(O)O. The fourth-order valence-electron chi connectivity index (χ4n) is 1.16. The Hall–Kier alpha value is -0.160. The summed E-state index contributed by atoms with van der Waals surface area (Å²) in [5.41, 5.74) is 0. The van der Waals surface area contributed by atoms with Gasteiger partial charge in [-0.3, -0.25) is 4.90 Å². The molecule has 1 unspecified atom stereocenters. The quantitative estimate of drug-likeness (QED) is 0.382. The molecule has 4 heteroatoms. The molecule has 1 saturated heterocycles. The van der Waals surface area contributed by atoms with Crippen molar-refractivity contribution in [2.24, 2.45) is 0 Å². The van der Waals surface area contributed by atoms with Crippen molar-refractivity contribution in [1.29, 1.82) is 0 Å². The molecule has 0 spiro atoms. The molecular formula is C6H14N2O2. The predicted octanol–water partition coefficient (Wildman–Crippen LogP) is -1.80. The van der Waals surface area contributed by atoms with E-state index in [9.17, 15) is 0 Å². The summed E-state index contributed by atoms with van der Waals surface area (Å²) >= 11 is 0. The lowest BCUT2D eigenvalue weighted by atomic mass is 10.2. The average molecular weight is 146 g/mol. The Morgan fingerprint density at radius 3 is 2.70 bits per heavy atom. The molecule has 3 N–H and O–H groups in total. The zero-order valence-electron chi connectivity index (χ0n) is 6.12. The summed E-state index contributed by atoms with van der Waals surface area (Å²) in [5, 5.41) is 20.7. The maximum Gasteiger partial charge on any atom is 0.168 e. The predicted molar refractivity (Wildman–Crippen MR) is 37.5 cm³/mol. The van der Waals surface area contributed by atoms with Gasteiger partial charge in [0.1, 0.15) is 0 Å². The van der Waals surface area contributed by atoms with E-state index >= 15 is 0 Å². The largest absolute Gasteiger partial charge is 0.367 e. The van der Waals surface area contributed by atoms with Crippen molar-refractivity contribution in [3.63, 3.8) is 0 Å². The van der Waals surface area contributed by atoms with Crippen LogP contribution in [0.15, 0.2) is 0 Å². The zero-order valence-corrected chi connectivity index (χ0v) is 6.12. The second-order valence-corrected chi connectivity index (χ2v) is 2.67. The second-order valence-electron chi connectivity index (χ2n) is 2.67. The smallest absolute Gasteiger partial charge is 0.168 e. The number of nitrogens with one attached hydrogen (secondary N) is 1. The van der Waals surface area contributed by atoms with Crippen LogP contribution >= 0.6 is 0 Å². The molecule has 1 rings (SSSR count). The van der Waals surface area contributed by atoms with Crippen LogP contribution in [0.25, 0.3) is 0 Å². The Balaban J connectivity index is 2.40. The van der Waals surface area contributed by atoms with E-state index in [0.29, 0.717) is 6.54 Å². The molecule has 1 aliphatic heterocycles. The second kappa shape index (κ2) is 3.30. The number of piperazine rings is 1. The number of rotatable bonds is 1. The molecule has 0 aromatic rings. The van der Waals surface area contributed by atoms with Gasteiger partial charge in [-0.1, -0.05) is 0 Å². The summed E-state index contributed by atoms with van der Waals surface area (Å²) in [6, 6.07) is -0.145. The molecule has 0 bridgehead atoms. The van der Waals surface area contributed by atoms with Gasteiger partial charge >= 0.3 is 0 Å². The van der Waals surface area contributed by atoms with E-state index in [1.54, 1.807) is 0 Å². The fraction of sp³-hybridized carbons (Fsp3) is 1.00. The van der Waals surface area contributed by atoms with Gasteiger partial charge in [0.25, 0.3) is 0 Å². The topological polar surface area (TPSA) is 55.7 Å². The summed E-state index contributed by atoms with van der Waals surface area (Å²) in [4.78, 5) is 1.95. The third-order valence-electron chi connectivity index (χ3n) is 1.91. The highest BCUT2D eigenvalue weighted by molar-refractivity contribution is 4.78. The van der Waals surface area contributed by atoms with E-state index in [1.165, 1.54) is 0 Å². The molecule has 4 nitrogen and oxygen atoms in total. The van der Waals surface area contributed by atoms with Gasteiger partial charge in [-0.05, 0) is 7.05 Å². The minimum Gasteiger partial charge on any atom is -0.367 e. The standard InChI is InChI=1S/C6H14N2O2/c1-8-3-2-7-4-5(8)6(9)10/h5-7,9-10H,2-4H2,1H3. The minimum atomic E-state index is -1.22. The Bertz CT molecular complexity index is 108. The average Bonchev–Trinajstić information content (AvgIpc) is 1.88. The Morgan fingerprint density at radius 2 is 2.30 bits per heavy atom. The normalized spacial score (nSPS) is 29.4. The van der Waals surface area contributed by atoms with Crippen LogP contribution in [0, 0.1) is 0 Å². The number of aliphatic hydroxyl groups is 2. The summed E-state index contributed by atoms with van der Waals surface area (Å²) in [7, 11) is 1.89. The highest BCUT2D eigenvalue weighted by Gasteiger charge is 2.23. The molecule has 0 saturated carbocycles. The molecule has 0 amide bonds. The molecule has 10 heavy (non-hydrogen) atoms. The van der Waals surface area contributed by atoms with Crippen LogP contribution in [0.2, 0.25) is 0 Å². The Kier molecular flexibility index (Phi) is 2.62.